The summed E-state index contributed by atoms with van der Waals surface area (Å²) in [4.78, 5) is 0. The van der Waals surface area contributed by atoms with E-state index in [1.54, 1.807) is 11.1 Å². The van der Waals surface area contributed by atoms with Gasteiger partial charge in [-0.25, -0.2) is 0 Å². The Hall–Kier alpha value is -0.810. The zero-order valence-corrected chi connectivity index (χ0v) is 15.0. The van der Waals surface area contributed by atoms with E-state index in [9.17, 15) is 9.50 Å². The monoisotopic (exact) mass is 330 g/mol. The average molecular weight is 330 g/mol. The number of alkyl halides is 1. The molecule has 1 N–H and O–H groups in total. The van der Waals surface area contributed by atoms with Crippen LogP contribution in [0.3, 0.4) is 0 Å². The van der Waals surface area contributed by atoms with Crippen LogP contribution in [0.2, 0.25) is 0 Å². The molecule has 0 aliphatic heterocycles. The molecular formula is C22H31FO. The third-order valence-corrected chi connectivity index (χ3v) is 8.28. The average Bonchev–Trinajstić information content (AvgIpc) is 2.86. The highest BCUT2D eigenvalue weighted by Crippen LogP contribution is 2.66. The van der Waals surface area contributed by atoms with Gasteiger partial charge in [-0.2, -0.15) is 0 Å². The molecule has 6 unspecified atom stereocenters. The first-order valence-corrected chi connectivity index (χ1v) is 10.0. The van der Waals surface area contributed by atoms with E-state index >= 15 is 0 Å². The number of hydrogen-bond acceptors (Lipinski definition) is 1. The third-order valence-electron chi connectivity index (χ3n) is 8.28. The van der Waals surface area contributed by atoms with E-state index in [0.717, 1.165) is 19.3 Å². The summed E-state index contributed by atoms with van der Waals surface area (Å²) in [6, 6.07) is 0. The fourth-order valence-corrected chi connectivity index (χ4v) is 7.16. The Labute approximate surface area is 146 Å². The van der Waals surface area contributed by atoms with Crippen molar-refractivity contribution in [2.45, 2.75) is 76.7 Å². The minimum atomic E-state index is -0.988. The van der Waals surface area contributed by atoms with Gasteiger partial charge in [0.05, 0.1) is 6.67 Å². The number of halogens is 1. The first kappa shape index (κ1) is 16.6. The summed E-state index contributed by atoms with van der Waals surface area (Å²) in [5.74, 6) is 4.80. The number of hydrogen-bond donors (Lipinski definition) is 1. The standard InChI is InChI=1S/C22H31FO/c1-3-22(24)12-10-19-18-9-8-15-6-4-5-7-17(15)20(18)16(11-13-23)14-21(19,22)2/h1,16,18-20,24H,4-14H2,2H3. The number of allylic oxidation sites excluding steroid dienone is 2. The quantitative estimate of drug-likeness (QED) is 0.555. The molecule has 0 aromatic carbocycles. The predicted molar refractivity (Wildman–Crippen MR) is 95.0 cm³/mol. The summed E-state index contributed by atoms with van der Waals surface area (Å²) in [7, 11) is 0. The minimum Gasteiger partial charge on any atom is -0.377 e. The molecule has 0 spiro atoms. The van der Waals surface area contributed by atoms with Crippen LogP contribution in [0, 0.1) is 41.4 Å². The van der Waals surface area contributed by atoms with Crippen molar-refractivity contribution in [2.75, 3.05) is 6.67 Å². The van der Waals surface area contributed by atoms with E-state index in [1.165, 1.54) is 38.5 Å². The summed E-state index contributed by atoms with van der Waals surface area (Å²) < 4.78 is 13.4. The van der Waals surface area contributed by atoms with Gasteiger partial charge in [-0.1, -0.05) is 24.0 Å². The van der Waals surface area contributed by atoms with Crippen molar-refractivity contribution >= 4 is 0 Å². The number of rotatable bonds is 2. The second kappa shape index (κ2) is 5.87. The highest BCUT2D eigenvalue weighted by Gasteiger charge is 2.63. The van der Waals surface area contributed by atoms with Gasteiger partial charge in [-0.3, -0.25) is 4.39 Å². The van der Waals surface area contributed by atoms with Gasteiger partial charge in [0, 0.05) is 5.41 Å². The van der Waals surface area contributed by atoms with E-state index in [0.29, 0.717) is 30.1 Å². The Bertz CT molecular complexity index is 587. The molecule has 132 valence electrons. The first-order chi connectivity index (χ1) is 11.5. The Morgan fingerprint density at radius 1 is 1.25 bits per heavy atom. The van der Waals surface area contributed by atoms with Gasteiger partial charge >= 0.3 is 0 Å². The largest absolute Gasteiger partial charge is 0.377 e. The lowest BCUT2D eigenvalue weighted by Gasteiger charge is -2.56. The lowest BCUT2D eigenvalue weighted by atomic mass is 9.49. The fraction of sp³-hybridized carbons (Fsp3) is 0.818. The molecule has 0 bridgehead atoms. The van der Waals surface area contributed by atoms with Crippen LogP contribution >= 0.6 is 0 Å². The van der Waals surface area contributed by atoms with Gasteiger partial charge < -0.3 is 5.11 Å². The van der Waals surface area contributed by atoms with Crippen LogP contribution in [-0.4, -0.2) is 17.4 Å². The molecular weight excluding hydrogens is 299 g/mol. The van der Waals surface area contributed by atoms with E-state index in [1.807, 2.05) is 0 Å². The molecule has 24 heavy (non-hydrogen) atoms. The topological polar surface area (TPSA) is 20.2 Å². The maximum atomic E-state index is 13.4. The molecule has 0 amide bonds. The first-order valence-electron chi connectivity index (χ1n) is 10.0. The fourth-order valence-electron chi connectivity index (χ4n) is 7.16. The zero-order valence-electron chi connectivity index (χ0n) is 15.0. The Morgan fingerprint density at radius 3 is 2.79 bits per heavy atom. The van der Waals surface area contributed by atoms with E-state index in [-0.39, 0.29) is 12.1 Å². The van der Waals surface area contributed by atoms with Crippen molar-refractivity contribution < 1.29 is 9.50 Å². The van der Waals surface area contributed by atoms with Crippen molar-refractivity contribution in [1.29, 1.82) is 0 Å². The van der Waals surface area contributed by atoms with Crippen LogP contribution in [0.4, 0.5) is 4.39 Å². The van der Waals surface area contributed by atoms with Gasteiger partial charge in [0.25, 0.3) is 0 Å². The molecule has 6 atom stereocenters. The molecule has 4 aliphatic carbocycles. The second-order valence-corrected chi connectivity index (χ2v) is 9.07. The van der Waals surface area contributed by atoms with Crippen molar-refractivity contribution in [2.24, 2.45) is 29.1 Å². The van der Waals surface area contributed by atoms with Gasteiger partial charge in [-0.05, 0) is 87.9 Å². The van der Waals surface area contributed by atoms with Gasteiger partial charge in [0.15, 0.2) is 0 Å². The highest BCUT2D eigenvalue weighted by atomic mass is 19.1. The molecule has 4 aliphatic rings. The lowest BCUT2D eigenvalue weighted by molar-refractivity contribution is -0.0947. The summed E-state index contributed by atoms with van der Waals surface area (Å²) in [6.45, 7) is 1.96. The molecule has 2 saturated carbocycles. The van der Waals surface area contributed by atoms with E-state index in [2.05, 4.69) is 12.8 Å². The zero-order chi connectivity index (χ0) is 16.9. The minimum absolute atomic E-state index is 0.227. The highest BCUT2D eigenvalue weighted by molar-refractivity contribution is 5.30. The Kier molecular flexibility index (Phi) is 4.07. The molecule has 0 aromatic heterocycles. The summed E-state index contributed by atoms with van der Waals surface area (Å²) in [5.41, 5.74) is 2.20. The molecule has 4 rings (SSSR count). The van der Waals surface area contributed by atoms with Crippen molar-refractivity contribution in [1.82, 2.24) is 0 Å². The summed E-state index contributed by atoms with van der Waals surface area (Å²) >= 11 is 0. The van der Waals surface area contributed by atoms with E-state index in [4.69, 9.17) is 6.42 Å². The van der Waals surface area contributed by atoms with Gasteiger partial charge in [-0.15, -0.1) is 6.42 Å². The van der Waals surface area contributed by atoms with Crippen LogP contribution in [0.5, 0.6) is 0 Å². The van der Waals surface area contributed by atoms with Crippen LogP contribution in [-0.2, 0) is 0 Å². The van der Waals surface area contributed by atoms with Crippen molar-refractivity contribution in [3.8, 4) is 12.3 Å². The Balaban J connectivity index is 1.75. The van der Waals surface area contributed by atoms with Crippen LogP contribution in [0.15, 0.2) is 11.1 Å². The second-order valence-electron chi connectivity index (χ2n) is 9.07. The van der Waals surface area contributed by atoms with Crippen LogP contribution < -0.4 is 0 Å². The van der Waals surface area contributed by atoms with Crippen LogP contribution in [0.1, 0.15) is 71.1 Å². The molecule has 0 saturated heterocycles. The predicted octanol–water partition coefficient (Wildman–Crippen LogP) is 5.04. The normalized spacial score (nSPS) is 47.6. The molecule has 1 nitrogen and oxygen atoms in total. The SMILES string of the molecule is C#CC1(O)CCC2C3CCC4=C(CCCC4)C3C(CCF)CC21C. The molecule has 0 radical (unpaired) electrons. The van der Waals surface area contributed by atoms with Crippen molar-refractivity contribution in [3.05, 3.63) is 11.1 Å². The number of aliphatic hydroxyl groups is 1. The smallest absolute Gasteiger partial charge is 0.130 e. The maximum Gasteiger partial charge on any atom is 0.130 e. The molecule has 0 aromatic rings. The Morgan fingerprint density at radius 2 is 2.04 bits per heavy atom. The molecule has 2 fully saturated rings. The molecule has 0 heterocycles. The lowest BCUT2D eigenvalue weighted by Crippen LogP contribution is -2.54. The third kappa shape index (κ3) is 2.16. The van der Waals surface area contributed by atoms with E-state index < -0.39 is 5.60 Å². The number of terminal acetylenes is 1. The summed E-state index contributed by atoms with van der Waals surface area (Å²) in [6.07, 6.45) is 16.7. The van der Waals surface area contributed by atoms with Gasteiger partial charge in [0.2, 0.25) is 0 Å². The summed E-state index contributed by atoms with van der Waals surface area (Å²) in [5, 5.41) is 11.1. The van der Waals surface area contributed by atoms with Crippen LogP contribution in [0.25, 0.3) is 0 Å². The number of fused-ring (bicyclic) bond motifs is 4. The maximum absolute atomic E-state index is 13.4. The van der Waals surface area contributed by atoms with Gasteiger partial charge in [0.1, 0.15) is 5.60 Å². The van der Waals surface area contributed by atoms with Crippen molar-refractivity contribution in [3.63, 3.8) is 0 Å². The molecule has 2 heteroatoms.